The second kappa shape index (κ2) is 6.17. The summed E-state index contributed by atoms with van der Waals surface area (Å²) in [5.74, 6) is -0.209. The molecule has 2 aromatic rings. The third-order valence-electron chi connectivity index (χ3n) is 4.00. The normalized spacial score (nSPS) is 18.4. The third-order valence-corrected chi connectivity index (χ3v) is 4.00. The maximum atomic E-state index is 12.1. The Morgan fingerprint density at radius 1 is 1.41 bits per heavy atom. The van der Waals surface area contributed by atoms with E-state index in [9.17, 15) is 9.59 Å². The number of hydrogen-bond donors (Lipinski definition) is 1. The van der Waals surface area contributed by atoms with Crippen LogP contribution in [0.5, 0.6) is 0 Å². The standard InChI is InChI=1S/C16H19N3O3/c1-11-5-4-8-19(9-11)14(20)10-22-16(21)15-12-6-2-3-7-13(12)17-18-15/h2-3,6-7,11H,4-5,8-10H2,1H3,(H,17,18)/t11-/m0/s1. The predicted octanol–water partition coefficient (Wildman–Crippen LogP) is 1.98. The van der Waals surface area contributed by atoms with Crippen LogP contribution < -0.4 is 0 Å². The number of amides is 1. The van der Waals surface area contributed by atoms with E-state index in [1.807, 2.05) is 18.2 Å². The van der Waals surface area contributed by atoms with Gasteiger partial charge in [0, 0.05) is 18.5 Å². The number of para-hydroxylation sites is 1. The minimum Gasteiger partial charge on any atom is -0.451 e. The molecule has 1 atom stereocenters. The minimum atomic E-state index is -0.573. The fraction of sp³-hybridized carbons (Fsp3) is 0.438. The Balaban J connectivity index is 1.61. The van der Waals surface area contributed by atoms with Crippen molar-refractivity contribution in [3.8, 4) is 0 Å². The molecule has 3 rings (SSSR count). The number of esters is 1. The van der Waals surface area contributed by atoms with Crippen molar-refractivity contribution in [2.45, 2.75) is 19.8 Å². The van der Waals surface area contributed by atoms with Gasteiger partial charge in [0.25, 0.3) is 5.91 Å². The monoisotopic (exact) mass is 301 g/mol. The molecule has 1 aliphatic heterocycles. The van der Waals surface area contributed by atoms with Crippen molar-refractivity contribution in [1.29, 1.82) is 0 Å². The summed E-state index contributed by atoms with van der Waals surface area (Å²) in [6, 6.07) is 7.31. The molecule has 6 heteroatoms. The minimum absolute atomic E-state index is 0.139. The maximum Gasteiger partial charge on any atom is 0.359 e. The van der Waals surface area contributed by atoms with E-state index in [-0.39, 0.29) is 18.2 Å². The molecule has 1 aromatic heterocycles. The van der Waals surface area contributed by atoms with Crippen molar-refractivity contribution in [1.82, 2.24) is 15.1 Å². The van der Waals surface area contributed by atoms with Gasteiger partial charge in [0.1, 0.15) is 0 Å². The lowest BCUT2D eigenvalue weighted by Crippen LogP contribution is -2.41. The largest absolute Gasteiger partial charge is 0.451 e. The van der Waals surface area contributed by atoms with Gasteiger partial charge in [0.05, 0.1) is 5.52 Å². The quantitative estimate of drug-likeness (QED) is 0.880. The van der Waals surface area contributed by atoms with Gasteiger partial charge in [-0.1, -0.05) is 25.1 Å². The highest BCUT2D eigenvalue weighted by Crippen LogP contribution is 2.17. The zero-order valence-corrected chi connectivity index (χ0v) is 12.5. The Hall–Kier alpha value is -2.37. The first-order chi connectivity index (χ1) is 10.6. The summed E-state index contributed by atoms with van der Waals surface area (Å²) in [7, 11) is 0. The Labute approximate surface area is 128 Å². The van der Waals surface area contributed by atoms with Gasteiger partial charge in [-0.05, 0) is 24.8 Å². The van der Waals surface area contributed by atoms with Crippen LogP contribution >= 0.6 is 0 Å². The average Bonchev–Trinajstić information content (AvgIpc) is 2.96. The Morgan fingerprint density at radius 3 is 3.05 bits per heavy atom. The lowest BCUT2D eigenvalue weighted by atomic mass is 10.0. The molecule has 0 unspecified atom stereocenters. The summed E-state index contributed by atoms with van der Waals surface area (Å²) in [6.07, 6.45) is 2.15. The topological polar surface area (TPSA) is 75.3 Å². The van der Waals surface area contributed by atoms with Crippen molar-refractivity contribution in [2.75, 3.05) is 19.7 Å². The average molecular weight is 301 g/mol. The lowest BCUT2D eigenvalue weighted by molar-refractivity contribution is -0.136. The van der Waals surface area contributed by atoms with Crippen molar-refractivity contribution in [3.05, 3.63) is 30.0 Å². The Morgan fingerprint density at radius 2 is 2.23 bits per heavy atom. The maximum absolute atomic E-state index is 12.1. The molecule has 1 aromatic carbocycles. The molecule has 1 fully saturated rings. The molecule has 1 aliphatic rings. The van der Waals surface area contributed by atoms with E-state index < -0.39 is 5.97 Å². The second-order valence-electron chi connectivity index (χ2n) is 5.78. The van der Waals surface area contributed by atoms with E-state index in [0.717, 1.165) is 31.4 Å². The van der Waals surface area contributed by atoms with Crippen LogP contribution in [-0.2, 0) is 9.53 Å². The van der Waals surface area contributed by atoms with E-state index in [4.69, 9.17) is 4.74 Å². The number of piperidine rings is 1. The van der Waals surface area contributed by atoms with Gasteiger partial charge >= 0.3 is 5.97 Å². The molecule has 1 N–H and O–H groups in total. The van der Waals surface area contributed by atoms with Gasteiger partial charge in [0.2, 0.25) is 0 Å². The number of hydrogen-bond acceptors (Lipinski definition) is 4. The molecular weight excluding hydrogens is 282 g/mol. The summed E-state index contributed by atoms with van der Waals surface area (Å²) < 4.78 is 5.13. The third kappa shape index (κ3) is 2.95. The molecule has 1 amide bonds. The number of ether oxygens (including phenoxy) is 1. The molecule has 1 saturated heterocycles. The SMILES string of the molecule is C[C@H]1CCCN(C(=O)COC(=O)c2n[nH]c3ccccc23)C1. The molecule has 2 heterocycles. The number of aromatic nitrogens is 2. The summed E-state index contributed by atoms with van der Waals surface area (Å²) in [5.41, 5.74) is 0.987. The van der Waals surface area contributed by atoms with Crippen LogP contribution in [0, 0.1) is 5.92 Å². The highest BCUT2D eigenvalue weighted by Gasteiger charge is 2.23. The van der Waals surface area contributed by atoms with Gasteiger partial charge in [-0.2, -0.15) is 5.10 Å². The predicted molar refractivity (Wildman–Crippen MR) is 81.4 cm³/mol. The lowest BCUT2D eigenvalue weighted by Gasteiger charge is -2.30. The van der Waals surface area contributed by atoms with Crippen LogP contribution in [0.15, 0.2) is 24.3 Å². The van der Waals surface area contributed by atoms with E-state index in [1.54, 1.807) is 11.0 Å². The zero-order valence-electron chi connectivity index (χ0n) is 12.5. The number of H-pyrrole nitrogens is 1. The van der Waals surface area contributed by atoms with Gasteiger partial charge in [-0.3, -0.25) is 9.89 Å². The van der Waals surface area contributed by atoms with E-state index in [0.29, 0.717) is 11.3 Å². The number of benzene rings is 1. The summed E-state index contributed by atoms with van der Waals surface area (Å²) in [6.45, 7) is 3.38. The number of carbonyl (C=O) groups excluding carboxylic acids is 2. The molecule has 116 valence electrons. The Bertz CT molecular complexity index is 695. The highest BCUT2D eigenvalue weighted by atomic mass is 16.5. The van der Waals surface area contributed by atoms with Gasteiger partial charge in [-0.15, -0.1) is 0 Å². The Kier molecular flexibility index (Phi) is 4.09. The van der Waals surface area contributed by atoms with Crippen LogP contribution in [0.2, 0.25) is 0 Å². The van der Waals surface area contributed by atoms with Crippen molar-refractivity contribution in [2.24, 2.45) is 5.92 Å². The first-order valence-electron chi connectivity index (χ1n) is 7.53. The molecule has 0 radical (unpaired) electrons. The molecule has 0 spiro atoms. The van der Waals surface area contributed by atoms with Crippen molar-refractivity contribution < 1.29 is 14.3 Å². The summed E-state index contributed by atoms with van der Waals surface area (Å²) >= 11 is 0. The van der Waals surface area contributed by atoms with E-state index >= 15 is 0 Å². The summed E-state index contributed by atoms with van der Waals surface area (Å²) in [5, 5.41) is 7.45. The van der Waals surface area contributed by atoms with Crippen LogP contribution in [0.3, 0.4) is 0 Å². The number of rotatable bonds is 3. The molecule has 0 aliphatic carbocycles. The first kappa shape index (κ1) is 14.6. The van der Waals surface area contributed by atoms with Crippen LogP contribution in [-0.4, -0.2) is 46.7 Å². The molecule has 6 nitrogen and oxygen atoms in total. The van der Waals surface area contributed by atoms with E-state index in [1.165, 1.54) is 0 Å². The molecule has 0 saturated carbocycles. The molecule has 22 heavy (non-hydrogen) atoms. The van der Waals surface area contributed by atoms with Crippen LogP contribution in [0.4, 0.5) is 0 Å². The van der Waals surface area contributed by atoms with Gasteiger partial charge in [-0.25, -0.2) is 4.79 Å². The zero-order chi connectivity index (χ0) is 15.5. The fourth-order valence-electron chi connectivity index (χ4n) is 2.82. The smallest absolute Gasteiger partial charge is 0.359 e. The first-order valence-corrected chi connectivity index (χ1v) is 7.53. The number of nitrogens with one attached hydrogen (secondary N) is 1. The number of likely N-dealkylation sites (tertiary alicyclic amines) is 1. The molecular formula is C16H19N3O3. The number of aromatic amines is 1. The van der Waals surface area contributed by atoms with E-state index in [2.05, 4.69) is 17.1 Å². The van der Waals surface area contributed by atoms with Gasteiger partial charge in [0.15, 0.2) is 12.3 Å². The van der Waals surface area contributed by atoms with Crippen LogP contribution in [0.25, 0.3) is 10.9 Å². The molecule has 0 bridgehead atoms. The second-order valence-corrected chi connectivity index (χ2v) is 5.78. The number of fused-ring (bicyclic) bond motifs is 1. The number of carbonyl (C=O) groups is 2. The number of nitrogens with zero attached hydrogens (tertiary/aromatic N) is 2. The van der Waals surface area contributed by atoms with Crippen molar-refractivity contribution in [3.63, 3.8) is 0 Å². The van der Waals surface area contributed by atoms with Crippen LogP contribution in [0.1, 0.15) is 30.3 Å². The van der Waals surface area contributed by atoms with Crippen molar-refractivity contribution >= 4 is 22.8 Å². The fourth-order valence-corrected chi connectivity index (χ4v) is 2.82. The highest BCUT2D eigenvalue weighted by molar-refractivity contribution is 6.02. The van der Waals surface area contributed by atoms with Gasteiger partial charge < -0.3 is 9.64 Å². The summed E-state index contributed by atoms with van der Waals surface area (Å²) in [4.78, 5) is 26.0.